The highest BCUT2D eigenvalue weighted by atomic mass is 16.5. The number of aryl methyl sites for hydroxylation is 1. The molecule has 11 heteroatoms. The molecule has 0 bridgehead atoms. The number of ketones is 1. The van der Waals surface area contributed by atoms with Gasteiger partial charge in [-0.2, -0.15) is 10.4 Å². The Hall–Kier alpha value is -4.82. The van der Waals surface area contributed by atoms with Gasteiger partial charge >= 0.3 is 0 Å². The number of rotatable bonds is 11. The Balaban J connectivity index is 1.42. The third-order valence-corrected chi connectivity index (χ3v) is 8.53. The number of piperidine rings is 1. The Labute approximate surface area is 269 Å². The minimum atomic E-state index is -0.668. The van der Waals surface area contributed by atoms with Crippen LogP contribution in [0.15, 0.2) is 54.6 Å². The number of ether oxygens (including phenoxy) is 2. The van der Waals surface area contributed by atoms with E-state index in [-0.39, 0.29) is 11.2 Å². The molecule has 11 nitrogen and oxygen atoms in total. The molecular formula is C35H41N7O4. The van der Waals surface area contributed by atoms with Gasteiger partial charge in [-0.05, 0) is 65.0 Å². The number of likely N-dealkylation sites (tertiary alicyclic amines) is 1. The fourth-order valence-corrected chi connectivity index (χ4v) is 5.45. The lowest BCUT2D eigenvalue weighted by Gasteiger charge is -2.30. The van der Waals surface area contributed by atoms with Gasteiger partial charge in [-0.3, -0.25) is 9.59 Å². The highest BCUT2D eigenvalue weighted by molar-refractivity contribution is 6.45. The molecule has 46 heavy (non-hydrogen) atoms. The van der Waals surface area contributed by atoms with E-state index in [9.17, 15) is 14.9 Å². The molecule has 1 saturated heterocycles. The zero-order chi connectivity index (χ0) is 33.1. The molecule has 0 aliphatic carbocycles. The Kier molecular flexibility index (Phi) is 9.39. The number of carbonyl (C=O) groups is 2. The molecule has 0 radical (unpaired) electrons. The second-order valence-corrected chi connectivity index (χ2v) is 12.8. The van der Waals surface area contributed by atoms with Gasteiger partial charge in [0.1, 0.15) is 23.5 Å². The van der Waals surface area contributed by atoms with E-state index in [1.54, 1.807) is 24.3 Å². The van der Waals surface area contributed by atoms with E-state index in [4.69, 9.17) is 9.47 Å². The van der Waals surface area contributed by atoms with Crippen LogP contribution in [-0.2, 0) is 9.53 Å². The van der Waals surface area contributed by atoms with Crippen molar-refractivity contribution >= 4 is 28.2 Å². The van der Waals surface area contributed by atoms with E-state index in [0.29, 0.717) is 72.8 Å². The third-order valence-electron chi connectivity index (χ3n) is 8.53. The van der Waals surface area contributed by atoms with Gasteiger partial charge in [0.05, 0.1) is 46.5 Å². The fourth-order valence-electron chi connectivity index (χ4n) is 5.45. The molecule has 0 atom stereocenters. The number of aromatic nitrogens is 5. The number of hydrogen-bond acceptors (Lipinski definition) is 8. The highest BCUT2D eigenvalue weighted by Crippen LogP contribution is 2.35. The van der Waals surface area contributed by atoms with Gasteiger partial charge in [-0.1, -0.05) is 37.3 Å². The van der Waals surface area contributed by atoms with Gasteiger partial charge in [0, 0.05) is 25.7 Å². The number of fused-ring (bicyclic) bond motifs is 1. The lowest BCUT2D eigenvalue weighted by Crippen LogP contribution is -2.40. The second-order valence-electron chi connectivity index (χ2n) is 12.8. The summed E-state index contributed by atoms with van der Waals surface area (Å²) >= 11 is 0. The summed E-state index contributed by atoms with van der Waals surface area (Å²) in [5.41, 5.74) is 2.26. The smallest absolute Gasteiger partial charge is 0.295 e. The number of amides is 1. The van der Waals surface area contributed by atoms with E-state index < -0.39 is 17.3 Å². The average Bonchev–Trinajstić information content (AvgIpc) is 3.68. The number of carbonyl (C=O) groups excluding carboxylic acids is 2. The summed E-state index contributed by atoms with van der Waals surface area (Å²) in [5.74, 6) is 0.115. The minimum absolute atomic E-state index is 0.193. The Morgan fingerprint density at radius 2 is 1.78 bits per heavy atom. The van der Waals surface area contributed by atoms with Crippen molar-refractivity contribution in [1.82, 2.24) is 29.6 Å². The Morgan fingerprint density at radius 3 is 2.41 bits per heavy atom. The van der Waals surface area contributed by atoms with Crippen LogP contribution in [0.1, 0.15) is 82.0 Å². The molecule has 240 valence electrons. The van der Waals surface area contributed by atoms with Crippen molar-refractivity contribution in [2.75, 3.05) is 19.7 Å². The summed E-state index contributed by atoms with van der Waals surface area (Å²) in [6.45, 7) is 13.1. The van der Waals surface area contributed by atoms with Gasteiger partial charge in [-0.15, -0.1) is 0 Å². The summed E-state index contributed by atoms with van der Waals surface area (Å²) in [6, 6.07) is 11.9. The normalized spacial score (nSPS) is 13.9. The van der Waals surface area contributed by atoms with Gasteiger partial charge in [0.2, 0.25) is 0 Å². The van der Waals surface area contributed by atoms with E-state index >= 15 is 0 Å². The largest absolute Gasteiger partial charge is 0.485 e. The van der Waals surface area contributed by atoms with Crippen LogP contribution in [0.4, 0.5) is 0 Å². The predicted molar refractivity (Wildman–Crippen MR) is 175 cm³/mol. The minimum Gasteiger partial charge on any atom is -0.485 e. The molecule has 3 aromatic heterocycles. The van der Waals surface area contributed by atoms with E-state index in [1.165, 1.54) is 10.9 Å². The van der Waals surface area contributed by atoms with E-state index in [0.717, 1.165) is 17.6 Å². The van der Waals surface area contributed by atoms with Crippen molar-refractivity contribution in [3.8, 4) is 17.6 Å². The third kappa shape index (κ3) is 7.02. The molecule has 4 aromatic rings. The zero-order valence-electron chi connectivity index (χ0n) is 27.4. The standard InChI is InChI=1S/C35H41N7O4/c1-7-34(3,4)45-18-15-35(5,6)46-28-21-38-32(42-22-39-23(2)40-42)30-29(28)27(20-37-30)31(43)33(44)41-16-13-25(14-17-41)26(19-36)24-11-9-8-10-12-24/h8-12,20-22,37H,7,13-18H2,1-6H3. The maximum atomic E-state index is 13.9. The first-order valence-corrected chi connectivity index (χ1v) is 15.7. The SMILES string of the molecule is CCC(C)(C)OCCC(C)(C)Oc1cnc(-n2cnc(C)n2)c2[nH]cc(C(=O)C(=O)N3CCC(=C(C#N)c4ccccc4)CC3)c12. The first-order chi connectivity index (χ1) is 21.9. The molecule has 0 saturated carbocycles. The topological polar surface area (TPSA) is 139 Å². The number of nitrogens with one attached hydrogen (secondary N) is 1. The molecule has 1 aliphatic heterocycles. The lowest BCUT2D eigenvalue weighted by molar-refractivity contribution is -0.126. The number of pyridine rings is 1. The number of H-pyrrole nitrogens is 1. The van der Waals surface area contributed by atoms with E-state index in [2.05, 4.69) is 46.9 Å². The van der Waals surface area contributed by atoms with Gasteiger partial charge < -0.3 is 19.4 Å². The number of nitriles is 1. The highest BCUT2D eigenvalue weighted by Gasteiger charge is 2.32. The van der Waals surface area contributed by atoms with Crippen molar-refractivity contribution in [3.63, 3.8) is 0 Å². The Bertz CT molecular complexity index is 1800. The van der Waals surface area contributed by atoms with Crippen LogP contribution < -0.4 is 4.74 Å². The van der Waals surface area contributed by atoms with Crippen LogP contribution in [0.25, 0.3) is 22.3 Å². The summed E-state index contributed by atoms with van der Waals surface area (Å²) in [4.78, 5) is 41.1. The number of aromatic amines is 1. The molecule has 0 unspecified atom stereocenters. The van der Waals surface area contributed by atoms with Crippen molar-refractivity contribution in [3.05, 3.63) is 71.6 Å². The predicted octanol–water partition coefficient (Wildman–Crippen LogP) is 5.99. The number of hydrogen-bond donors (Lipinski definition) is 1. The van der Waals surface area contributed by atoms with Crippen molar-refractivity contribution < 1.29 is 19.1 Å². The van der Waals surface area contributed by atoms with Crippen molar-refractivity contribution in [1.29, 1.82) is 5.26 Å². The number of benzene rings is 1. The monoisotopic (exact) mass is 623 g/mol. The Morgan fingerprint density at radius 1 is 1.07 bits per heavy atom. The number of allylic oxidation sites excluding steroid dienone is 1. The first-order valence-electron chi connectivity index (χ1n) is 15.7. The maximum absolute atomic E-state index is 13.9. The van der Waals surface area contributed by atoms with Gasteiger partial charge in [0.25, 0.3) is 11.7 Å². The average molecular weight is 624 g/mol. The summed E-state index contributed by atoms with van der Waals surface area (Å²) in [5, 5.41) is 14.7. The molecule has 1 aliphatic rings. The van der Waals surface area contributed by atoms with Gasteiger partial charge in [0.15, 0.2) is 5.82 Å². The van der Waals surface area contributed by atoms with Crippen LogP contribution in [0.5, 0.6) is 5.75 Å². The molecule has 1 aromatic carbocycles. The first kappa shape index (κ1) is 32.6. The van der Waals surface area contributed by atoms with Crippen molar-refractivity contribution in [2.45, 2.75) is 78.4 Å². The molecule has 1 fully saturated rings. The van der Waals surface area contributed by atoms with Crippen LogP contribution in [-0.4, -0.2) is 72.2 Å². The van der Waals surface area contributed by atoms with Crippen LogP contribution in [0, 0.1) is 18.3 Å². The quantitative estimate of drug-likeness (QED) is 0.122. The molecule has 0 spiro atoms. The molecule has 5 rings (SSSR count). The molecule has 4 heterocycles. The summed E-state index contributed by atoms with van der Waals surface area (Å²) in [6.07, 6.45) is 7.15. The molecule has 1 N–H and O–H groups in total. The molecular weight excluding hydrogens is 582 g/mol. The van der Waals surface area contributed by atoms with Crippen LogP contribution >= 0.6 is 0 Å². The number of Topliss-reactive ketones (excluding diaryl/α,β-unsaturated/α-hetero) is 1. The van der Waals surface area contributed by atoms with Crippen molar-refractivity contribution in [2.24, 2.45) is 0 Å². The molecule has 1 amide bonds. The maximum Gasteiger partial charge on any atom is 0.295 e. The van der Waals surface area contributed by atoms with Gasteiger partial charge in [-0.25, -0.2) is 14.6 Å². The van der Waals surface area contributed by atoms with Crippen LogP contribution in [0.2, 0.25) is 0 Å². The fraction of sp³-hybridized carbons (Fsp3) is 0.429. The van der Waals surface area contributed by atoms with Crippen LogP contribution in [0.3, 0.4) is 0 Å². The second kappa shape index (κ2) is 13.3. The summed E-state index contributed by atoms with van der Waals surface area (Å²) < 4.78 is 14.1. The summed E-state index contributed by atoms with van der Waals surface area (Å²) in [7, 11) is 0. The van der Waals surface area contributed by atoms with E-state index in [1.807, 2.05) is 44.2 Å². The zero-order valence-corrected chi connectivity index (χ0v) is 27.4. The lowest BCUT2D eigenvalue weighted by atomic mass is 9.93. The number of nitrogens with zero attached hydrogens (tertiary/aromatic N) is 6.